The van der Waals surface area contributed by atoms with Gasteiger partial charge in [0.2, 0.25) is 0 Å². The Morgan fingerprint density at radius 1 is 0.557 bits per heavy atom. The Morgan fingerprint density at radius 2 is 1.03 bits per heavy atom. The fourth-order valence-electron chi connectivity index (χ4n) is 7.63. The van der Waals surface area contributed by atoms with Crippen molar-refractivity contribution in [2.45, 2.75) is 125 Å². The summed E-state index contributed by atoms with van der Waals surface area (Å²) in [6, 6.07) is 24.5. The first kappa shape index (κ1) is 45.0. The smallest absolute Gasteiger partial charge is 0.187 e. The van der Waals surface area contributed by atoms with E-state index in [4.69, 9.17) is 38.7 Å². The predicted octanol–water partition coefficient (Wildman–Crippen LogP) is 5.82. The van der Waals surface area contributed by atoms with Gasteiger partial charge in [0.25, 0.3) is 0 Å². The van der Waals surface area contributed by atoms with E-state index in [1.165, 1.54) is 0 Å². The van der Waals surface area contributed by atoms with Crippen LogP contribution in [0.4, 0.5) is 0 Å². The van der Waals surface area contributed by atoms with Crippen LogP contribution in [-0.2, 0) is 53.0 Å². The molecule has 0 unspecified atom stereocenters. The fraction of sp³-hybridized carbons (Fsp3) is 0.538. The minimum Gasteiger partial charge on any atom is -0.390 e. The molecule has 0 radical (unpaired) electrons. The predicted molar refractivity (Wildman–Crippen MR) is 213 cm³/mol. The lowest BCUT2D eigenvalue weighted by atomic mass is 9.84. The van der Waals surface area contributed by atoms with E-state index < -0.39 is 98.3 Å². The van der Waals surface area contributed by atoms with Crippen molar-refractivity contribution in [2.24, 2.45) is 20.5 Å². The summed E-state index contributed by atoms with van der Waals surface area (Å²) in [5.41, 5.74) is 40.0. The molecule has 2 saturated heterocycles. The minimum absolute atomic E-state index is 0.0857. The average molecular weight is 843 g/mol. The van der Waals surface area contributed by atoms with E-state index >= 15 is 0 Å². The number of nitrogens with zero attached hydrogens (tertiary/aromatic N) is 12. The van der Waals surface area contributed by atoms with Gasteiger partial charge in [-0.25, -0.2) is 0 Å². The summed E-state index contributed by atoms with van der Waals surface area (Å²) in [5.74, 6) is 0. The zero-order valence-electron chi connectivity index (χ0n) is 32.9. The molecule has 3 N–H and O–H groups in total. The molecule has 0 aromatic heterocycles. The molecule has 61 heavy (non-hydrogen) atoms. The third-order valence-electron chi connectivity index (χ3n) is 10.7. The zero-order valence-corrected chi connectivity index (χ0v) is 32.9. The molecule has 322 valence electrons. The zero-order chi connectivity index (χ0) is 43.1. The van der Waals surface area contributed by atoms with Crippen LogP contribution in [-0.4, -0.2) is 114 Å². The largest absolute Gasteiger partial charge is 0.390 e. The van der Waals surface area contributed by atoms with Gasteiger partial charge in [-0.3, -0.25) is 0 Å². The Hall–Kier alpha value is -5.50. The van der Waals surface area contributed by atoms with Crippen molar-refractivity contribution in [3.63, 3.8) is 0 Å². The monoisotopic (exact) mass is 842 g/mol. The Bertz CT molecular complexity index is 2040. The molecule has 0 bridgehead atoms. The maximum atomic E-state index is 12.2. The summed E-state index contributed by atoms with van der Waals surface area (Å²) in [6.45, 7) is 1.81. The second kappa shape index (κ2) is 22.4. The van der Waals surface area contributed by atoms with Gasteiger partial charge >= 0.3 is 0 Å². The van der Waals surface area contributed by atoms with E-state index in [1.54, 1.807) is 6.92 Å². The molecular formula is C39H46N12O10. The van der Waals surface area contributed by atoms with Gasteiger partial charge in [-0.15, -0.1) is 0 Å². The Morgan fingerprint density at radius 3 is 1.52 bits per heavy atom. The van der Waals surface area contributed by atoms with Crippen LogP contribution in [0.15, 0.2) is 111 Å². The molecular weight excluding hydrogens is 797 g/mol. The molecule has 2 heterocycles. The van der Waals surface area contributed by atoms with Crippen molar-refractivity contribution in [1.82, 2.24) is 0 Å². The van der Waals surface area contributed by atoms with E-state index in [9.17, 15) is 31.9 Å². The first-order valence-electron chi connectivity index (χ1n) is 19.5. The van der Waals surface area contributed by atoms with Crippen LogP contribution in [0, 0.1) is 0 Å². The number of azide groups is 4. The van der Waals surface area contributed by atoms with Crippen molar-refractivity contribution in [3.8, 4) is 0 Å². The lowest BCUT2D eigenvalue weighted by Crippen LogP contribution is -2.65. The number of benzene rings is 3. The summed E-state index contributed by atoms with van der Waals surface area (Å²) in [4.78, 5) is 11.3. The molecule has 15 atom stereocenters. The van der Waals surface area contributed by atoms with Crippen LogP contribution in [0.25, 0.3) is 41.8 Å². The summed E-state index contributed by atoms with van der Waals surface area (Å²) < 4.78 is 44.9. The van der Waals surface area contributed by atoms with Gasteiger partial charge in [-0.05, 0) is 52.2 Å². The van der Waals surface area contributed by atoms with E-state index in [0.717, 1.165) is 16.7 Å². The maximum absolute atomic E-state index is 12.2. The van der Waals surface area contributed by atoms with Gasteiger partial charge in [-0.2, -0.15) is 0 Å². The highest BCUT2D eigenvalue weighted by atomic mass is 16.7. The third kappa shape index (κ3) is 11.5. The highest BCUT2D eigenvalue weighted by Crippen LogP contribution is 2.37. The summed E-state index contributed by atoms with van der Waals surface area (Å²) in [5, 5.41) is 48.4. The van der Waals surface area contributed by atoms with Crippen molar-refractivity contribution in [1.29, 1.82) is 0 Å². The van der Waals surface area contributed by atoms with Crippen molar-refractivity contribution < 1.29 is 48.5 Å². The summed E-state index contributed by atoms with van der Waals surface area (Å²) in [6.07, 6.45) is -16.0. The molecule has 3 fully saturated rings. The van der Waals surface area contributed by atoms with Gasteiger partial charge in [0.1, 0.15) is 36.6 Å². The SMILES string of the molecule is C[C@H]1O[C@H](O[C@@H]2[C@@H](O)[C@H](O[C@H]3O[C@H](CN=[N+]=[N-])[C@@H](O)[C@H](O)[C@H]3N=[N+]=[N-])[C@@H](N=[N+]=[N-])C[C@H]2N=[N+]=[N-])[C@H](OCc2ccccc2)[C@@H](OCc2ccccc2)[C@@H]1OCc1ccccc1. The van der Waals surface area contributed by atoms with Crippen molar-refractivity contribution in [3.05, 3.63) is 149 Å². The Balaban J connectivity index is 1.34. The van der Waals surface area contributed by atoms with Crippen LogP contribution in [0.1, 0.15) is 30.0 Å². The van der Waals surface area contributed by atoms with E-state index in [2.05, 4.69) is 40.1 Å². The van der Waals surface area contributed by atoms with Gasteiger partial charge in [0, 0.05) is 19.6 Å². The second-order valence-electron chi connectivity index (χ2n) is 14.6. The lowest BCUT2D eigenvalue weighted by molar-refractivity contribution is -0.343. The molecule has 3 aromatic rings. The van der Waals surface area contributed by atoms with E-state index in [1.807, 2.05) is 91.0 Å². The number of ether oxygens (including phenoxy) is 7. The van der Waals surface area contributed by atoms with Gasteiger partial charge < -0.3 is 48.5 Å². The standard InChI is InChI=1S/C39H46N12O10/c1-22-33(55-19-23-11-5-2-6-12-23)36(56-20-24-13-7-3-8-14-24)37(57-21-25-15-9-4-10-16-25)39(58-22)61-35-27(46-50-42)17-26(45-49-41)34(32(35)54)60-38-29(47-51-43)31(53)30(52)28(59-38)18-44-48-40/h2-16,22,26-39,52-54H,17-21H2,1H3/t22-,26+,27-,28-,29-,30-,31-,32+,33-,34-,35+,36+,37-,38-,39-/m1/s1. The number of hydrogen-bond acceptors (Lipinski definition) is 14. The van der Waals surface area contributed by atoms with Gasteiger partial charge in [0.15, 0.2) is 12.6 Å². The first-order chi connectivity index (χ1) is 29.8. The molecule has 6 rings (SSSR count). The molecule has 22 heteroatoms. The maximum Gasteiger partial charge on any atom is 0.187 e. The second-order valence-corrected chi connectivity index (χ2v) is 14.6. The summed E-state index contributed by atoms with van der Waals surface area (Å²) >= 11 is 0. The quantitative estimate of drug-likeness (QED) is 0.0783. The summed E-state index contributed by atoms with van der Waals surface area (Å²) in [7, 11) is 0. The molecule has 0 spiro atoms. The molecule has 3 aliphatic rings. The van der Waals surface area contributed by atoms with Crippen LogP contribution in [0.3, 0.4) is 0 Å². The minimum atomic E-state index is -1.78. The molecule has 0 amide bonds. The van der Waals surface area contributed by atoms with Crippen molar-refractivity contribution in [2.75, 3.05) is 6.54 Å². The number of rotatable bonds is 18. The number of aliphatic hydroxyl groups is 3. The lowest BCUT2D eigenvalue weighted by Gasteiger charge is -2.49. The highest BCUT2D eigenvalue weighted by Gasteiger charge is 2.54. The molecule has 22 nitrogen and oxygen atoms in total. The number of hydrogen-bond donors (Lipinski definition) is 3. The Kier molecular flexibility index (Phi) is 16.5. The molecule has 3 aromatic carbocycles. The average Bonchev–Trinajstić information content (AvgIpc) is 3.27. The van der Waals surface area contributed by atoms with Crippen molar-refractivity contribution >= 4 is 0 Å². The molecule has 1 aliphatic carbocycles. The third-order valence-corrected chi connectivity index (χ3v) is 10.7. The fourth-order valence-corrected chi connectivity index (χ4v) is 7.63. The normalized spacial score (nSPS) is 33.5. The van der Waals surface area contributed by atoms with Crippen LogP contribution < -0.4 is 0 Å². The number of aliphatic hydroxyl groups excluding tert-OH is 3. The molecule has 2 aliphatic heterocycles. The van der Waals surface area contributed by atoms with Gasteiger partial charge in [-0.1, -0.05) is 111 Å². The van der Waals surface area contributed by atoms with Crippen LogP contribution in [0.5, 0.6) is 0 Å². The van der Waals surface area contributed by atoms with Crippen LogP contribution >= 0.6 is 0 Å². The Labute approximate surface area is 349 Å². The van der Waals surface area contributed by atoms with Gasteiger partial charge in [0.05, 0.1) is 69.0 Å². The van der Waals surface area contributed by atoms with E-state index in [0.29, 0.717) is 0 Å². The van der Waals surface area contributed by atoms with Crippen LogP contribution in [0.2, 0.25) is 0 Å². The van der Waals surface area contributed by atoms with E-state index in [-0.39, 0.29) is 26.2 Å². The molecule has 1 saturated carbocycles. The first-order valence-corrected chi connectivity index (χ1v) is 19.5. The highest BCUT2D eigenvalue weighted by molar-refractivity contribution is 5.16. The topological polar surface area (TPSA) is 320 Å².